The van der Waals surface area contributed by atoms with Crippen LogP contribution in [0.2, 0.25) is 0 Å². The van der Waals surface area contributed by atoms with Crippen molar-refractivity contribution in [3.05, 3.63) is 48.5 Å². The predicted octanol–water partition coefficient (Wildman–Crippen LogP) is 2.00. The molecular formula is C15H19N3O2S. The number of rotatable bonds is 7. The third kappa shape index (κ3) is 4.61. The summed E-state index contributed by atoms with van der Waals surface area (Å²) in [5.41, 5.74) is 8.02. The first kappa shape index (κ1) is 15.6. The second-order valence-corrected chi connectivity index (χ2v) is 5.71. The van der Waals surface area contributed by atoms with Crippen molar-refractivity contribution in [3.63, 3.8) is 0 Å². The van der Waals surface area contributed by atoms with Gasteiger partial charge in [-0.2, -0.15) is 11.8 Å². The Morgan fingerprint density at radius 2 is 2.19 bits per heavy atom. The fourth-order valence-electron chi connectivity index (χ4n) is 1.85. The third-order valence-corrected chi connectivity index (χ3v) is 4.15. The van der Waals surface area contributed by atoms with E-state index >= 15 is 0 Å². The molecule has 6 heteroatoms. The van der Waals surface area contributed by atoms with Gasteiger partial charge >= 0.3 is 5.97 Å². The number of imidazole rings is 1. The van der Waals surface area contributed by atoms with Crippen LogP contribution in [0.25, 0.3) is 5.69 Å². The molecule has 1 unspecified atom stereocenters. The van der Waals surface area contributed by atoms with E-state index in [-0.39, 0.29) is 5.97 Å². The van der Waals surface area contributed by atoms with Gasteiger partial charge in [0.25, 0.3) is 0 Å². The predicted molar refractivity (Wildman–Crippen MR) is 84.3 cm³/mol. The maximum atomic E-state index is 11.2. The van der Waals surface area contributed by atoms with Gasteiger partial charge in [-0.25, -0.2) is 4.98 Å². The lowest BCUT2D eigenvalue weighted by molar-refractivity contribution is -0.142. The molecule has 0 aliphatic rings. The minimum atomic E-state index is -0.522. The quantitative estimate of drug-likeness (QED) is 0.626. The first-order valence-corrected chi connectivity index (χ1v) is 7.84. The van der Waals surface area contributed by atoms with E-state index in [1.807, 2.05) is 10.8 Å². The Hall–Kier alpha value is -1.79. The lowest BCUT2D eigenvalue weighted by Gasteiger charge is -2.09. The van der Waals surface area contributed by atoms with Crippen LogP contribution in [-0.4, -0.2) is 34.4 Å². The minimum Gasteiger partial charge on any atom is -0.468 e. The summed E-state index contributed by atoms with van der Waals surface area (Å²) < 4.78 is 6.56. The fourth-order valence-corrected chi connectivity index (χ4v) is 2.84. The number of nitrogens with zero attached hydrogens (tertiary/aromatic N) is 2. The van der Waals surface area contributed by atoms with Crippen molar-refractivity contribution in [1.82, 2.24) is 9.55 Å². The number of methoxy groups -OCH3 is 1. The smallest absolute Gasteiger partial charge is 0.322 e. The van der Waals surface area contributed by atoms with Gasteiger partial charge in [-0.1, -0.05) is 12.1 Å². The number of aromatic nitrogens is 2. The molecule has 112 valence electrons. The molecule has 0 bridgehead atoms. The highest BCUT2D eigenvalue weighted by molar-refractivity contribution is 7.98. The number of thioether (sulfide) groups is 1. The van der Waals surface area contributed by atoms with Gasteiger partial charge in [0.05, 0.1) is 13.4 Å². The number of nitrogens with two attached hydrogens (primary N) is 1. The van der Waals surface area contributed by atoms with Crippen molar-refractivity contribution >= 4 is 17.7 Å². The molecule has 0 aliphatic heterocycles. The molecule has 21 heavy (non-hydrogen) atoms. The van der Waals surface area contributed by atoms with E-state index in [0.29, 0.717) is 6.42 Å². The van der Waals surface area contributed by atoms with Crippen molar-refractivity contribution in [2.24, 2.45) is 5.73 Å². The summed E-state index contributed by atoms with van der Waals surface area (Å²) in [5.74, 6) is 1.39. The maximum absolute atomic E-state index is 11.2. The van der Waals surface area contributed by atoms with Crippen LogP contribution < -0.4 is 5.73 Å². The number of benzene rings is 1. The van der Waals surface area contributed by atoms with Crippen molar-refractivity contribution in [2.45, 2.75) is 18.2 Å². The van der Waals surface area contributed by atoms with E-state index in [2.05, 4.69) is 34.0 Å². The Morgan fingerprint density at radius 1 is 1.43 bits per heavy atom. The molecule has 0 aliphatic carbocycles. The molecule has 2 N–H and O–H groups in total. The number of hydrogen-bond donors (Lipinski definition) is 1. The fraction of sp³-hybridized carbons (Fsp3) is 0.333. The van der Waals surface area contributed by atoms with Crippen LogP contribution in [0.4, 0.5) is 0 Å². The number of carbonyl (C=O) groups excluding carboxylic acids is 1. The van der Waals surface area contributed by atoms with Crippen LogP contribution >= 0.6 is 11.8 Å². The summed E-state index contributed by atoms with van der Waals surface area (Å²) in [6.07, 6.45) is 6.08. The van der Waals surface area contributed by atoms with Crippen molar-refractivity contribution in [2.75, 3.05) is 12.9 Å². The van der Waals surface area contributed by atoms with Gasteiger partial charge < -0.3 is 15.0 Å². The molecule has 0 saturated carbocycles. The van der Waals surface area contributed by atoms with Gasteiger partial charge in [0.15, 0.2) is 0 Å². The van der Waals surface area contributed by atoms with Gasteiger partial charge in [-0.3, -0.25) is 4.79 Å². The molecule has 1 heterocycles. The number of hydrogen-bond acceptors (Lipinski definition) is 5. The van der Waals surface area contributed by atoms with Gasteiger partial charge in [0.2, 0.25) is 0 Å². The zero-order valence-corrected chi connectivity index (χ0v) is 12.8. The number of carbonyl (C=O) groups is 1. The molecule has 5 nitrogen and oxygen atoms in total. The number of esters is 1. The van der Waals surface area contributed by atoms with Crippen molar-refractivity contribution < 1.29 is 9.53 Å². The highest BCUT2D eigenvalue weighted by atomic mass is 32.2. The summed E-state index contributed by atoms with van der Waals surface area (Å²) in [5, 5.41) is 0. The van der Waals surface area contributed by atoms with E-state index in [9.17, 15) is 4.79 Å². The highest BCUT2D eigenvalue weighted by Gasteiger charge is 2.12. The Bertz CT molecular complexity index is 555. The SMILES string of the molecule is COC(=O)C(N)CCSCc1ccc(-n2ccnc2)cc1. The first-order chi connectivity index (χ1) is 10.2. The summed E-state index contributed by atoms with van der Waals surface area (Å²) >= 11 is 1.76. The largest absolute Gasteiger partial charge is 0.468 e. The molecule has 2 aromatic rings. The van der Waals surface area contributed by atoms with Gasteiger partial charge in [0, 0.05) is 23.8 Å². The molecule has 0 saturated heterocycles. The molecule has 0 fully saturated rings. The lowest BCUT2D eigenvalue weighted by atomic mass is 10.2. The van der Waals surface area contributed by atoms with Gasteiger partial charge in [-0.05, 0) is 29.9 Å². The molecule has 1 atom stereocenters. The zero-order chi connectivity index (χ0) is 15.1. The number of ether oxygens (including phenoxy) is 1. The monoisotopic (exact) mass is 305 g/mol. The molecule has 0 radical (unpaired) electrons. The van der Waals surface area contributed by atoms with E-state index in [1.165, 1.54) is 12.7 Å². The Kier molecular flexibility index (Phi) is 5.83. The van der Waals surface area contributed by atoms with Crippen LogP contribution in [0.15, 0.2) is 43.0 Å². The summed E-state index contributed by atoms with van der Waals surface area (Å²) in [4.78, 5) is 15.2. The summed E-state index contributed by atoms with van der Waals surface area (Å²) in [7, 11) is 1.36. The lowest BCUT2D eigenvalue weighted by Crippen LogP contribution is -2.31. The standard InChI is InChI=1S/C15H19N3O2S/c1-20-15(19)14(16)6-9-21-10-12-2-4-13(5-3-12)18-8-7-17-11-18/h2-5,7-8,11,14H,6,9-10,16H2,1H3. The first-order valence-electron chi connectivity index (χ1n) is 6.69. The van der Waals surface area contributed by atoms with Crippen LogP contribution in [-0.2, 0) is 15.3 Å². The molecular weight excluding hydrogens is 286 g/mol. The Balaban J connectivity index is 1.75. The molecule has 0 spiro atoms. The maximum Gasteiger partial charge on any atom is 0.322 e. The van der Waals surface area contributed by atoms with Gasteiger partial charge in [-0.15, -0.1) is 0 Å². The van der Waals surface area contributed by atoms with Gasteiger partial charge in [0.1, 0.15) is 6.04 Å². The zero-order valence-electron chi connectivity index (χ0n) is 11.9. The average molecular weight is 305 g/mol. The second-order valence-electron chi connectivity index (χ2n) is 4.61. The van der Waals surface area contributed by atoms with E-state index < -0.39 is 6.04 Å². The molecule has 0 amide bonds. The third-order valence-electron chi connectivity index (χ3n) is 3.08. The van der Waals surface area contributed by atoms with Crippen molar-refractivity contribution in [3.8, 4) is 5.69 Å². The molecule has 2 rings (SSSR count). The minimum absolute atomic E-state index is 0.347. The molecule has 1 aromatic heterocycles. The topological polar surface area (TPSA) is 70.1 Å². The van der Waals surface area contributed by atoms with Crippen LogP contribution in [0.3, 0.4) is 0 Å². The van der Waals surface area contributed by atoms with Crippen molar-refractivity contribution in [1.29, 1.82) is 0 Å². The van der Waals surface area contributed by atoms with E-state index in [1.54, 1.807) is 24.3 Å². The highest BCUT2D eigenvalue weighted by Crippen LogP contribution is 2.16. The van der Waals surface area contributed by atoms with E-state index in [4.69, 9.17) is 5.73 Å². The summed E-state index contributed by atoms with van der Waals surface area (Å²) in [6, 6.07) is 7.81. The summed E-state index contributed by atoms with van der Waals surface area (Å²) in [6.45, 7) is 0. The molecule has 1 aromatic carbocycles. The van der Waals surface area contributed by atoms with Crippen LogP contribution in [0.1, 0.15) is 12.0 Å². The average Bonchev–Trinajstić information content (AvgIpc) is 3.05. The Labute approximate surface area is 128 Å². The normalized spacial score (nSPS) is 12.1. The second kappa shape index (κ2) is 7.85. The van der Waals surface area contributed by atoms with Crippen LogP contribution in [0.5, 0.6) is 0 Å². The Morgan fingerprint density at radius 3 is 2.81 bits per heavy atom. The van der Waals surface area contributed by atoms with E-state index in [0.717, 1.165) is 17.2 Å². The van der Waals surface area contributed by atoms with Crippen LogP contribution in [0, 0.1) is 0 Å².